The average Bonchev–Trinajstić information content (AvgIpc) is 3.07. The van der Waals surface area contributed by atoms with Crippen LogP contribution in [-0.2, 0) is 21.2 Å². The van der Waals surface area contributed by atoms with Gasteiger partial charge >= 0.3 is 0 Å². The third-order valence-electron chi connectivity index (χ3n) is 3.83. The number of nitrogens with zero attached hydrogens (tertiary/aromatic N) is 1. The summed E-state index contributed by atoms with van der Waals surface area (Å²) in [5.41, 5.74) is 1.03. The van der Waals surface area contributed by atoms with Gasteiger partial charge in [0.1, 0.15) is 5.75 Å². The number of fused-ring (bicyclic) bond motifs is 1. The molecule has 1 aromatic heterocycles. The minimum absolute atomic E-state index is 0.0506. The van der Waals surface area contributed by atoms with E-state index in [0.29, 0.717) is 13.0 Å². The molecule has 0 bridgehead atoms. The van der Waals surface area contributed by atoms with E-state index >= 15 is 0 Å². The SMILES string of the molecule is COc1ccc2c(ccn2CCC(=O)N[C@@H]2C=CS(=O)(=O)C2)c1. The summed E-state index contributed by atoms with van der Waals surface area (Å²) in [5, 5.41) is 4.93. The highest BCUT2D eigenvalue weighted by Crippen LogP contribution is 2.22. The van der Waals surface area contributed by atoms with Crippen LogP contribution in [0.4, 0.5) is 0 Å². The molecule has 0 saturated heterocycles. The Labute approximate surface area is 134 Å². The number of hydrogen-bond donors (Lipinski definition) is 1. The van der Waals surface area contributed by atoms with E-state index in [2.05, 4.69) is 5.32 Å². The minimum atomic E-state index is -3.15. The molecular formula is C16H18N2O4S. The molecule has 2 aromatic rings. The van der Waals surface area contributed by atoms with Gasteiger partial charge in [0, 0.05) is 35.5 Å². The van der Waals surface area contributed by atoms with E-state index in [1.807, 2.05) is 35.0 Å². The van der Waals surface area contributed by atoms with Crippen molar-refractivity contribution in [3.8, 4) is 5.75 Å². The van der Waals surface area contributed by atoms with Crippen LogP contribution in [0.2, 0.25) is 0 Å². The molecule has 7 heteroatoms. The van der Waals surface area contributed by atoms with Crippen LogP contribution in [0.3, 0.4) is 0 Å². The third kappa shape index (κ3) is 3.56. The highest BCUT2D eigenvalue weighted by molar-refractivity contribution is 7.94. The quantitative estimate of drug-likeness (QED) is 0.898. The van der Waals surface area contributed by atoms with E-state index in [1.54, 1.807) is 7.11 Å². The lowest BCUT2D eigenvalue weighted by Crippen LogP contribution is -2.35. The van der Waals surface area contributed by atoms with Gasteiger partial charge in [-0.25, -0.2) is 8.42 Å². The number of aromatic nitrogens is 1. The zero-order valence-corrected chi connectivity index (χ0v) is 13.5. The lowest BCUT2D eigenvalue weighted by Gasteiger charge is -2.11. The van der Waals surface area contributed by atoms with E-state index in [4.69, 9.17) is 4.74 Å². The number of hydrogen-bond acceptors (Lipinski definition) is 4. The molecule has 0 fully saturated rings. The van der Waals surface area contributed by atoms with Crippen LogP contribution in [0, 0.1) is 0 Å². The summed E-state index contributed by atoms with van der Waals surface area (Å²) in [4.78, 5) is 12.0. The highest BCUT2D eigenvalue weighted by atomic mass is 32.2. The van der Waals surface area contributed by atoms with Crippen LogP contribution in [-0.4, -0.2) is 37.8 Å². The Morgan fingerprint density at radius 1 is 1.39 bits per heavy atom. The Morgan fingerprint density at radius 2 is 2.22 bits per heavy atom. The van der Waals surface area contributed by atoms with E-state index in [1.165, 1.54) is 6.08 Å². The average molecular weight is 334 g/mol. The number of aryl methyl sites for hydroxylation is 1. The van der Waals surface area contributed by atoms with Crippen LogP contribution in [0.1, 0.15) is 6.42 Å². The fourth-order valence-electron chi connectivity index (χ4n) is 2.67. The van der Waals surface area contributed by atoms with Crippen LogP contribution in [0.5, 0.6) is 5.75 Å². The molecule has 23 heavy (non-hydrogen) atoms. The molecule has 3 rings (SSSR count). The fourth-order valence-corrected chi connectivity index (χ4v) is 3.90. The summed E-state index contributed by atoms with van der Waals surface area (Å²) in [6.45, 7) is 0.533. The maximum Gasteiger partial charge on any atom is 0.222 e. The maximum absolute atomic E-state index is 12.0. The van der Waals surface area contributed by atoms with Gasteiger partial charge in [-0.2, -0.15) is 0 Å². The number of nitrogens with one attached hydrogen (secondary N) is 1. The van der Waals surface area contributed by atoms with Gasteiger partial charge in [-0.3, -0.25) is 4.79 Å². The molecule has 0 spiro atoms. The molecule has 0 radical (unpaired) electrons. The van der Waals surface area contributed by atoms with Crippen molar-refractivity contribution in [2.45, 2.75) is 19.0 Å². The lowest BCUT2D eigenvalue weighted by molar-refractivity contribution is -0.121. The molecule has 1 aromatic carbocycles. The predicted octanol–water partition coefficient (Wildman–Crippen LogP) is 1.47. The van der Waals surface area contributed by atoms with Gasteiger partial charge in [0.05, 0.1) is 18.9 Å². The number of ether oxygens (including phenoxy) is 1. The van der Waals surface area contributed by atoms with E-state index < -0.39 is 15.9 Å². The first-order valence-electron chi connectivity index (χ1n) is 7.30. The zero-order chi connectivity index (χ0) is 16.4. The Bertz CT molecular complexity index is 867. The molecule has 1 amide bonds. The number of carbonyl (C=O) groups is 1. The Kier molecular flexibility index (Phi) is 4.12. The van der Waals surface area contributed by atoms with Crippen molar-refractivity contribution in [2.24, 2.45) is 0 Å². The van der Waals surface area contributed by atoms with Crippen LogP contribution in [0.15, 0.2) is 41.9 Å². The van der Waals surface area contributed by atoms with E-state index in [0.717, 1.165) is 22.1 Å². The Hall–Kier alpha value is -2.28. The van der Waals surface area contributed by atoms with E-state index in [-0.39, 0.29) is 11.7 Å². The summed E-state index contributed by atoms with van der Waals surface area (Å²) in [7, 11) is -1.52. The normalized spacial score (nSPS) is 19.1. The predicted molar refractivity (Wildman–Crippen MR) is 88.0 cm³/mol. The largest absolute Gasteiger partial charge is 0.497 e. The summed E-state index contributed by atoms with van der Waals surface area (Å²) < 4.78 is 29.8. The molecule has 0 unspecified atom stereocenters. The first-order chi connectivity index (χ1) is 11.0. The van der Waals surface area contributed by atoms with Crippen molar-refractivity contribution < 1.29 is 17.9 Å². The van der Waals surface area contributed by atoms with E-state index in [9.17, 15) is 13.2 Å². The highest BCUT2D eigenvalue weighted by Gasteiger charge is 2.22. The lowest BCUT2D eigenvalue weighted by atomic mass is 10.2. The first kappa shape index (κ1) is 15.6. The Morgan fingerprint density at radius 3 is 2.91 bits per heavy atom. The second kappa shape index (κ2) is 6.08. The Balaban J connectivity index is 1.60. The molecule has 1 aliphatic rings. The monoisotopic (exact) mass is 334 g/mol. The molecule has 122 valence electrons. The van der Waals surface area contributed by atoms with Gasteiger partial charge in [0.25, 0.3) is 0 Å². The number of benzene rings is 1. The molecule has 1 N–H and O–H groups in total. The van der Waals surface area contributed by atoms with Gasteiger partial charge in [-0.05, 0) is 30.3 Å². The van der Waals surface area contributed by atoms with Crippen molar-refractivity contribution in [2.75, 3.05) is 12.9 Å². The standard InChI is InChI=1S/C16H18N2O4S/c1-22-14-2-3-15-12(10-14)4-7-18(15)8-5-16(19)17-13-6-9-23(20,21)11-13/h2-4,6-7,9-10,13H,5,8,11H2,1H3,(H,17,19)/t13-/m1/s1. The minimum Gasteiger partial charge on any atom is -0.497 e. The van der Waals surface area contributed by atoms with Crippen molar-refractivity contribution >= 4 is 26.6 Å². The summed E-state index contributed by atoms with van der Waals surface area (Å²) in [5.74, 6) is 0.583. The zero-order valence-electron chi connectivity index (χ0n) is 12.7. The smallest absolute Gasteiger partial charge is 0.222 e. The second-order valence-electron chi connectivity index (χ2n) is 5.52. The van der Waals surface area contributed by atoms with Crippen LogP contribution in [0.25, 0.3) is 10.9 Å². The maximum atomic E-state index is 12.0. The summed E-state index contributed by atoms with van der Waals surface area (Å²) >= 11 is 0. The molecule has 1 atom stereocenters. The number of rotatable bonds is 5. The van der Waals surface area contributed by atoms with Crippen molar-refractivity contribution in [3.63, 3.8) is 0 Å². The second-order valence-corrected chi connectivity index (χ2v) is 7.45. The summed E-state index contributed by atoms with van der Waals surface area (Å²) in [6.07, 6.45) is 3.74. The summed E-state index contributed by atoms with van der Waals surface area (Å²) in [6, 6.07) is 7.34. The molecule has 0 saturated carbocycles. The molecule has 1 aliphatic heterocycles. The number of methoxy groups -OCH3 is 1. The van der Waals surface area contributed by atoms with Crippen molar-refractivity contribution in [1.29, 1.82) is 0 Å². The molecule has 2 heterocycles. The van der Waals surface area contributed by atoms with Gasteiger partial charge < -0.3 is 14.6 Å². The topological polar surface area (TPSA) is 77.4 Å². The first-order valence-corrected chi connectivity index (χ1v) is 9.01. The molecular weight excluding hydrogens is 316 g/mol. The number of carbonyl (C=O) groups excluding carboxylic acids is 1. The van der Waals surface area contributed by atoms with Crippen molar-refractivity contribution in [3.05, 3.63) is 41.9 Å². The van der Waals surface area contributed by atoms with Crippen molar-refractivity contribution in [1.82, 2.24) is 9.88 Å². The number of sulfone groups is 1. The molecule has 6 nitrogen and oxygen atoms in total. The number of amides is 1. The fraction of sp³-hybridized carbons (Fsp3) is 0.312. The third-order valence-corrected chi connectivity index (χ3v) is 5.23. The van der Waals surface area contributed by atoms with Gasteiger partial charge in [-0.1, -0.05) is 0 Å². The van der Waals surface area contributed by atoms with Crippen LogP contribution < -0.4 is 10.1 Å². The molecule has 0 aliphatic carbocycles. The van der Waals surface area contributed by atoms with Gasteiger partial charge in [-0.15, -0.1) is 0 Å². The van der Waals surface area contributed by atoms with Gasteiger partial charge in [0.15, 0.2) is 9.84 Å². The van der Waals surface area contributed by atoms with Crippen LogP contribution >= 0.6 is 0 Å². The van der Waals surface area contributed by atoms with Gasteiger partial charge in [0.2, 0.25) is 5.91 Å².